The third-order valence-corrected chi connectivity index (χ3v) is 3.53. The molecule has 2 N–H and O–H groups in total. The summed E-state index contributed by atoms with van der Waals surface area (Å²) in [4.78, 5) is 16.6. The number of hydrogen-bond donors (Lipinski definition) is 2. The Morgan fingerprint density at radius 3 is 2.47 bits per heavy atom. The van der Waals surface area contributed by atoms with E-state index in [1.165, 1.54) is 11.1 Å². The van der Waals surface area contributed by atoms with E-state index < -0.39 is 5.54 Å². The lowest BCUT2D eigenvalue weighted by molar-refractivity contribution is -0.123. The first-order valence-electron chi connectivity index (χ1n) is 6.58. The second-order valence-electron chi connectivity index (χ2n) is 5.57. The van der Waals surface area contributed by atoms with Gasteiger partial charge < -0.3 is 5.32 Å². The van der Waals surface area contributed by atoms with Gasteiger partial charge in [-0.3, -0.25) is 15.1 Å². The van der Waals surface area contributed by atoms with Crippen molar-refractivity contribution in [3.63, 3.8) is 0 Å². The molecule has 1 fully saturated rings. The van der Waals surface area contributed by atoms with Gasteiger partial charge in [0.25, 0.3) is 5.91 Å². The summed E-state index contributed by atoms with van der Waals surface area (Å²) in [7, 11) is 0. The van der Waals surface area contributed by atoms with E-state index >= 15 is 0 Å². The summed E-state index contributed by atoms with van der Waals surface area (Å²) >= 11 is 0. The van der Waals surface area contributed by atoms with Crippen molar-refractivity contribution in [1.82, 2.24) is 10.6 Å². The van der Waals surface area contributed by atoms with Gasteiger partial charge >= 0.3 is 0 Å². The lowest BCUT2D eigenvalue weighted by Crippen LogP contribution is -2.40. The number of nitrogens with one attached hydrogen (secondary N) is 2. The zero-order valence-corrected chi connectivity index (χ0v) is 12.2. The highest BCUT2D eigenvalue weighted by Crippen LogP contribution is 2.26. The summed E-state index contributed by atoms with van der Waals surface area (Å²) in [5, 5.41) is 6.01. The van der Waals surface area contributed by atoms with Crippen molar-refractivity contribution in [2.75, 3.05) is 0 Å². The van der Waals surface area contributed by atoms with Gasteiger partial charge in [0.2, 0.25) is 0 Å². The molecule has 0 bridgehead atoms. The Labute approximate surface area is 114 Å². The highest BCUT2D eigenvalue weighted by atomic mass is 16.2. The van der Waals surface area contributed by atoms with E-state index in [-0.39, 0.29) is 11.9 Å². The summed E-state index contributed by atoms with van der Waals surface area (Å²) < 4.78 is 0. The molecule has 4 nitrogen and oxygen atoms in total. The van der Waals surface area contributed by atoms with Crippen molar-refractivity contribution in [2.45, 2.75) is 46.2 Å². The second kappa shape index (κ2) is 4.68. The van der Waals surface area contributed by atoms with Crippen molar-refractivity contribution < 1.29 is 4.79 Å². The summed E-state index contributed by atoms with van der Waals surface area (Å²) in [6.45, 7) is 9.96. The van der Waals surface area contributed by atoms with Crippen LogP contribution in [0.15, 0.2) is 23.2 Å². The monoisotopic (exact) mass is 259 g/mol. The third kappa shape index (κ3) is 2.48. The molecule has 1 heterocycles. The molecular weight excluding hydrogens is 238 g/mol. The molecule has 1 aliphatic rings. The predicted molar refractivity (Wildman–Crippen MR) is 77.1 cm³/mol. The molecule has 1 saturated heterocycles. The van der Waals surface area contributed by atoms with Crippen LogP contribution in [0.2, 0.25) is 0 Å². The maximum atomic E-state index is 12.2. The summed E-state index contributed by atoms with van der Waals surface area (Å²) in [6, 6.07) is 6.24. The van der Waals surface area contributed by atoms with Crippen molar-refractivity contribution in [3.05, 3.63) is 34.9 Å². The fourth-order valence-electron chi connectivity index (χ4n) is 2.14. The smallest absolute Gasteiger partial charge is 0.256 e. The Bertz CT molecular complexity index is 548. The molecule has 1 atom stereocenters. The van der Waals surface area contributed by atoms with Crippen molar-refractivity contribution in [2.24, 2.45) is 4.99 Å². The number of nitrogens with zero attached hydrogens (tertiary/aromatic N) is 1. The molecular formula is C15H21N3O. The molecule has 2 rings (SSSR count). The Kier molecular flexibility index (Phi) is 3.35. The minimum absolute atomic E-state index is 0.0600. The fraction of sp³-hybridized carbons (Fsp3) is 0.467. The van der Waals surface area contributed by atoms with E-state index in [1.54, 1.807) is 0 Å². The molecule has 19 heavy (non-hydrogen) atoms. The van der Waals surface area contributed by atoms with Gasteiger partial charge in [-0.05, 0) is 51.3 Å². The Morgan fingerprint density at radius 2 is 1.89 bits per heavy atom. The molecule has 102 valence electrons. The quantitative estimate of drug-likeness (QED) is 0.853. The van der Waals surface area contributed by atoms with Crippen LogP contribution in [-0.4, -0.2) is 17.9 Å². The average molecular weight is 259 g/mol. The minimum atomic E-state index is -0.744. The van der Waals surface area contributed by atoms with E-state index in [1.807, 2.05) is 32.9 Å². The summed E-state index contributed by atoms with van der Waals surface area (Å²) in [6.07, 6.45) is 0. The zero-order valence-electron chi connectivity index (χ0n) is 12.2. The first-order chi connectivity index (χ1) is 8.83. The molecule has 0 radical (unpaired) electrons. The van der Waals surface area contributed by atoms with Gasteiger partial charge in [-0.25, -0.2) is 0 Å². The van der Waals surface area contributed by atoms with Crippen LogP contribution in [0.4, 0.5) is 0 Å². The van der Waals surface area contributed by atoms with Gasteiger partial charge in [-0.15, -0.1) is 0 Å². The number of carbonyl (C=O) groups is 1. The molecule has 4 heteroatoms. The van der Waals surface area contributed by atoms with Gasteiger partial charge in [0.15, 0.2) is 5.96 Å². The Morgan fingerprint density at radius 1 is 1.21 bits per heavy atom. The largest absolute Gasteiger partial charge is 0.338 e. The normalized spacial score (nSPS) is 24.7. The number of aliphatic imine (C=N–C) groups is 1. The average Bonchev–Trinajstić information content (AvgIpc) is 2.58. The van der Waals surface area contributed by atoms with Crippen LogP contribution in [-0.2, 0) is 10.3 Å². The highest BCUT2D eigenvalue weighted by molar-refractivity contribution is 6.09. The van der Waals surface area contributed by atoms with Gasteiger partial charge in [-0.1, -0.05) is 18.2 Å². The minimum Gasteiger partial charge on any atom is -0.338 e. The van der Waals surface area contributed by atoms with E-state index in [0.29, 0.717) is 5.96 Å². The fourth-order valence-corrected chi connectivity index (χ4v) is 2.14. The SMILES string of the molecule is Cc1ccc(C2(C)NC(=NC(C)C)NC2=O)cc1C. The van der Waals surface area contributed by atoms with Crippen LogP contribution in [0.1, 0.15) is 37.5 Å². The van der Waals surface area contributed by atoms with Gasteiger partial charge in [0.1, 0.15) is 5.54 Å². The first kappa shape index (κ1) is 13.6. The van der Waals surface area contributed by atoms with Crippen LogP contribution in [0.3, 0.4) is 0 Å². The lowest BCUT2D eigenvalue weighted by Gasteiger charge is -2.22. The first-order valence-corrected chi connectivity index (χ1v) is 6.58. The van der Waals surface area contributed by atoms with Gasteiger partial charge in [-0.2, -0.15) is 0 Å². The van der Waals surface area contributed by atoms with Crippen LogP contribution in [0, 0.1) is 13.8 Å². The van der Waals surface area contributed by atoms with Crippen LogP contribution < -0.4 is 10.6 Å². The molecule has 0 aromatic heterocycles. The van der Waals surface area contributed by atoms with Crippen LogP contribution in [0.25, 0.3) is 0 Å². The van der Waals surface area contributed by atoms with Crippen molar-refractivity contribution >= 4 is 11.9 Å². The Hall–Kier alpha value is -1.84. The topological polar surface area (TPSA) is 53.5 Å². The molecule has 1 aromatic rings. The molecule has 1 unspecified atom stereocenters. The van der Waals surface area contributed by atoms with E-state index in [0.717, 1.165) is 5.56 Å². The summed E-state index contributed by atoms with van der Waals surface area (Å²) in [5.74, 6) is 0.496. The highest BCUT2D eigenvalue weighted by Gasteiger charge is 2.42. The molecule has 1 aromatic carbocycles. The molecule has 1 aliphatic heterocycles. The Balaban J connectivity index is 2.37. The van der Waals surface area contributed by atoms with Crippen LogP contribution >= 0.6 is 0 Å². The third-order valence-electron chi connectivity index (χ3n) is 3.53. The lowest BCUT2D eigenvalue weighted by atomic mass is 9.90. The van der Waals surface area contributed by atoms with Crippen molar-refractivity contribution in [1.29, 1.82) is 0 Å². The van der Waals surface area contributed by atoms with E-state index in [4.69, 9.17) is 0 Å². The number of hydrogen-bond acceptors (Lipinski definition) is 2. The van der Waals surface area contributed by atoms with Crippen molar-refractivity contribution in [3.8, 4) is 0 Å². The number of guanidine groups is 1. The predicted octanol–water partition coefficient (Wildman–Crippen LogP) is 2.00. The number of amides is 1. The number of aryl methyl sites for hydroxylation is 2. The van der Waals surface area contributed by atoms with Gasteiger partial charge in [0, 0.05) is 6.04 Å². The summed E-state index contributed by atoms with van der Waals surface area (Å²) in [5.41, 5.74) is 2.62. The van der Waals surface area contributed by atoms with Gasteiger partial charge in [0.05, 0.1) is 0 Å². The second-order valence-corrected chi connectivity index (χ2v) is 5.57. The van der Waals surface area contributed by atoms with E-state index in [2.05, 4.69) is 35.5 Å². The molecule has 0 spiro atoms. The molecule has 0 aliphatic carbocycles. The maximum absolute atomic E-state index is 12.2. The van der Waals surface area contributed by atoms with Crippen LogP contribution in [0.5, 0.6) is 0 Å². The number of carbonyl (C=O) groups excluding carboxylic acids is 1. The maximum Gasteiger partial charge on any atom is 0.256 e. The number of benzene rings is 1. The molecule has 0 saturated carbocycles. The molecule has 1 amide bonds. The van der Waals surface area contributed by atoms with E-state index in [9.17, 15) is 4.79 Å². The standard InChI is InChI=1S/C15H21N3O/c1-9(2)16-14-17-13(19)15(5,18-14)12-7-6-10(3)11(4)8-12/h6-9H,1-5H3,(H2,16,17,18,19). The zero-order chi connectivity index (χ0) is 14.2. The number of rotatable bonds is 2.